The molecule has 0 N–H and O–H groups in total. The van der Waals surface area contributed by atoms with E-state index in [1.54, 1.807) is 0 Å². The average molecular weight is 223 g/mol. The predicted octanol–water partition coefficient (Wildman–Crippen LogP) is 2.72. The zero-order valence-electron chi connectivity index (χ0n) is 10.9. The number of hydrogen-bond acceptors (Lipinski definition) is 2. The maximum atomic E-state index is 11.7. The molecule has 2 fully saturated rings. The summed E-state index contributed by atoms with van der Waals surface area (Å²) in [5, 5.41) is 0. The molecule has 0 amide bonds. The minimum absolute atomic E-state index is 0.347. The van der Waals surface area contributed by atoms with E-state index >= 15 is 0 Å². The van der Waals surface area contributed by atoms with E-state index in [4.69, 9.17) is 0 Å². The number of rotatable bonds is 2. The number of ketones is 1. The van der Waals surface area contributed by atoms with E-state index in [0.29, 0.717) is 17.7 Å². The SMILES string of the molecule is CC1CC(C)C(C)N(CC2CCCC2=O)C1. The Bertz CT molecular complexity index is 263. The summed E-state index contributed by atoms with van der Waals surface area (Å²) in [6, 6.07) is 0.657. The van der Waals surface area contributed by atoms with Gasteiger partial charge in [-0.25, -0.2) is 0 Å². The third-order valence-corrected chi connectivity index (χ3v) is 4.61. The summed E-state index contributed by atoms with van der Waals surface area (Å²) < 4.78 is 0. The Balaban J connectivity index is 1.94. The first-order valence-corrected chi connectivity index (χ1v) is 6.84. The van der Waals surface area contributed by atoms with Crippen molar-refractivity contribution in [2.45, 2.75) is 52.5 Å². The summed E-state index contributed by atoms with van der Waals surface area (Å²) in [6.45, 7) is 9.23. The Hall–Kier alpha value is -0.370. The van der Waals surface area contributed by atoms with E-state index in [0.717, 1.165) is 37.6 Å². The van der Waals surface area contributed by atoms with Crippen LogP contribution in [0.3, 0.4) is 0 Å². The highest BCUT2D eigenvalue weighted by molar-refractivity contribution is 5.83. The minimum atomic E-state index is 0.347. The molecule has 4 atom stereocenters. The molecule has 1 aliphatic carbocycles. The maximum Gasteiger partial charge on any atom is 0.137 e. The molecule has 1 saturated heterocycles. The highest BCUT2D eigenvalue weighted by Crippen LogP contribution is 2.30. The van der Waals surface area contributed by atoms with Crippen LogP contribution in [0.25, 0.3) is 0 Å². The van der Waals surface area contributed by atoms with Gasteiger partial charge in [0.2, 0.25) is 0 Å². The first-order valence-electron chi connectivity index (χ1n) is 6.84. The zero-order chi connectivity index (χ0) is 11.7. The molecule has 0 aromatic rings. The van der Waals surface area contributed by atoms with Crippen LogP contribution < -0.4 is 0 Å². The molecule has 92 valence electrons. The molecular weight excluding hydrogens is 198 g/mol. The van der Waals surface area contributed by atoms with Crippen LogP contribution in [0.5, 0.6) is 0 Å². The summed E-state index contributed by atoms with van der Waals surface area (Å²) in [7, 11) is 0. The third kappa shape index (κ3) is 2.48. The van der Waals surface area contributed by atoms with Crippen molar-refractivity contribution in [2.24, 2.45) is 17.8 Å². The molecule has 0 aromatic carbocycles. The Labute approximate surface area is 99.4 Å². The Morgan fingerprint density at radius 3 is 2.69 bits per heavy atom. The lowest BCUT2D eigenvalue weighted by Crippen LogP contribution is -2.48. The van der Waals surface area contributed by atoms with Crippen molar-refractivity contribution in [2.75, 3.05) is 13.1 Å². The van der Waals surface area contributed by atoms with Crippen molar-refractivity contribution < 1.29 is 4.79 Å². The van der Waals surface area contributed by atoms with Crippen molar-refractivity contribution in [3.05, 3.63) is 0 Å². The summed E-state index contributed by atoms with van der Waals surface area (Å²) in [5.74, 6) is 2.43. The normalized spacial score (nSPS) is 41.6. The summed E-state index contributed by atoms with van der Waals surface area (Å²) in [5.41, 5.74) is 0. The van der Waals surface area contributed by atoms with Gasteiger partial charge in [-0.1, -0.05) is 13.8 Å². The second-order valence-corrected chi connectivity index (χ2v) is 6.07. The van der Waals surface area contributed by atoms with Crippen molar-refractivity contribution in [1.29, 1.82) is 0 Å². The standard InChI is InChI=1S/C14H25NO/c1-10-7-11(2)12(3)15(8-10)9-13-5-4-6-14(13)16/h10-13H,4-9H2,1-3H3. The molecule has 16 heavy (non-hydrogen) atoms. The molecule has 0 bridgehead atoms. The highest BCUT2D eigenvalue weighted by Gasteiger charge is 2.33. The number of carbonyl (C=O) groups excluding carboxylic acids is 1. The number of likely N-dealkylation sites (tertiary alicyclic amines) is 1. The first kappa shape index (κ1) is 12.1. The van der Waals surface area contributed by atoms with Gasteiger partial charge < -0.3 is 0 Å². The molecule has 1 saturated carbocycles. The van der Waals surface area contributed by atoms with Gasteiger partial charge >= 0.3 is 0 Å². The van der Waals surface area contributed by atoms with Crippen molar-refractivity contribution in [1.82, 2.24) is 4.90 Å². The predicted molar refractivity (Wildman–Crippen MR) is 66.3 cm³/mol. The lowest BCUT2D eigenvalue weighted by molar-refractivity contribution is -0.121. The molecule has 1 aliphatic heterocycles. The Morgan fingerprint density at radius 1 is 1.31 bits per heavy atom. The first-order chi connectivity index (χ1) is 7.58. The van der Waals surface area contributed by atoms with Crippen LogP contribution in [0, 0.1) is 17.8 Å². The van der Waals surface area contributed by atoms with Crippen LogP contribution in [-0.4, -0.2) is 29.8 Å². The third-order valence-electron chi connectivity index (χ3n) is 4.61. The minimum Gasteiger partial charge on any atom is -0.299 e. The fourth-order valence-corrected chi connectivity index (χ4v) is 3.44. The summed E-state index contributed by atoms with van der Waals surface area (Å²) in [6.07, 6.45) is 4.43. The molecule has 2 heteroatoms. The molecular formula is C14H25NO. The van der Waals surface area contributed by atoms with Crippen molar-refractivity contribution in [3.63, 3.8) is 0 Å². The molecule has 0 aromatic heterocycles. The van der Waals surface area contributed by atoms with Crippen LogP contribution in [-0.2, 0) is 4.79 Å². The maximum absolute atomic E-state index is 11.7. The Morgan fingerprint density at radius 2 is 2.06 bits per heavy atom. The largest absolute Gasteiger partial charge is 0.299 e. The monoisotopic (exact) mass is 223 g/mol. The van der Waals surface area contributed by atoms with E-state index in [1.807, 2.05) is 0 Å². The quantitative estimate of drug-likeness (QED) is 0.717. The second kappa shape index (κ2) is 4.87. The number of Topliss-reactive ketones (excluding diaryl/α,β-unsaturated/α-hetero) is 1. The highest BCUT2D eigenvalue weighted by atomic mass is 16.1. The number of carbonyl (C=O) groups is 1. The van der Waals surface area contributed by atoms with Gasteiger partial charge in [-0.2, -0.15) is 0 Å². The van der Waals surface area contributed by atoms with Gasteiger partial charge in [0.05, 0.1) is 0 Å². The molecule has 0 spiro atoms. The lowest BCUT2D eigenvalue weighted by Gasteiger charge is -2.42. The molecule has 2 rings (SSSR count). The lowest BCUT2D eigenvalue weighted by atomic mass is 9.85. The van der Waals surface area contributed by atoms with Crippen molar-refractivity contribution in [3.8, 4) is 0 Å². The summed E-state index contributed by atoms with van der Waals surface area (Å²) in [4.78, 5) is 14.3. The van der Waals surface area contributed by atoms with Crippen LogP contribution in [0.1, 0.15) is 46.5 Å². The average Bonchev–Trinajstić information content (AvgIpc) is 2.60. The fraction of sp³-hybridized carbons (Fsp3) is 0.929. The van der Waals surface area contributed by atoms with Gasteiger partial charge in [-0.15, -0.1) is 0 Å². The van der Waals surface area contributed by atoms with E-state index in [1.165, 1.54) is 13.0 Å². The van der Waals surface area contributed by atoms with E-state index in [2.05, 4.69) is 25.7 Å². The number of nitrogens with zero attached hydrogens (tertiary/aromatic N) is 1. The number of piperidine rings is 1. The van der Waals surface area contributed by atoms with Gasteiger partial charge in [0.1, 0.15) is 5.78 Å². The topological polar surface area (TPSA) is 20.3 Å². The molecule has 1 heterocycles. The Kier molecular flexibility index (Phi) is 3.68. The fourth-order valence-electron chi connectivity index (χ4n) is 3.44. The molecule has 2 aliphatic rings. The number of hydrogen-bond donors (Lipinski definition) is 0. The van der Waals surface area contributed by atoms with Crippen LogP contribution in [0.2, 0.25) is 0 Å². The summed E-state index contributed by atoms with van der Waals surface area (Å²) >= 11 is 0. The zero-order valence-corrected chi connectivity index (χ0v) is 10.9. The van der Waals surface area contributed by atoms with Gasteiger partial charge in [0.25, 0.3) is 0 Å². The van der Waals surface area contributed by atoms with E-state index < -0.39 is 0 Å². The van der Waals surface area contributed by atoms with Gasteiger partial charge in [-0.05, 0) is 38.0 Å². The van der Waals surface area contributed by atoms with E-state index in [9.17, 15) is 4.79 Å². The van der Waals surface area contributed by atoms with Crippen molar-refractivity contribution >= 4 is 5.78 Å². The van der Waals surface area contributed by atoms with Crippen LogP contribution >= 0.6 is 0 Å². The molecule has 2 nitrogen and oxygen atoms in total. The van der Waals surface area contributed by atoms with E-state index in [-0.39, 0.29) is 0 Å². The van der Waals surface area contributed by atoms with Gasteiger partial charge in [0, 0.05) is 31.5 Å². The van der Waals surface area contributed by atoms with Gasteiger partial charge in [-0.3, -0.25) is 9.69 Å². The van der Waals surface area contributed by atoms with Crippen LogP contribution in [0.15, 0.2) is 0 Å². The second-order valence-electron chi connectivity index (χ2n) is 6.07. The van der Waals surface area contributed by atoms with Crippen LogP contribution in [0.4, 0.5) is 0 Å². The smallest absolute Gasteiger partial charge is 0.137 e. The molecule has 0 radical (unpaired) electrons. The molecule has 4 unspecified atom stereocenters. The van der Waals surface area contributed by atoms with Gasteiger partial charge in [0.15, 0.2) is 0 Å².